The number of benzene rings is 1. The van der Waals surface area contributed by atoms with Crippen molar-refractivity contribution in [2.75, 3.05) is 7.11 Å². The van der Waals surface area contributed by atoms with E-state index in [9.17, 15) is 9.18 Å². The van der Waals surface area contributed by atoms with E-state index < -0.39 is 23.2 Å². The second kappa shape index (κ2) is 6.50. The predicted octanol–water partition coefficient (Wildman–Crippen LogP) is 2.32. The van der Waals surface area contributed by atoms with E-state index in [4.69, 9.17) is 11.0 Å². The van der Waals surface area contributed by atoms with Crippen LogP contribution in [-0.4, -0.2) is 13.1 Å². The largest absolute Gasteiger partial charge is 0.469 e. The molecule has 0 aliphatic rings. The third-order valence-electron chi connectivity index (χ3n) is 2.96. The van der Waals surface area contributed by atoms with Gasteiger partial charge in [0.25, 0.3) is 0 Å². The van der Waals surface area contributed by atoms with Crippen LogP contribution in [0.1, 0.15) is 31.0 Å². The maximum Gasteiger partial charge on any atom is 0.313 e. The number of carbonyl (C=O) groups is 1. The van der Waals surface area contributed by atoms with Crippen molar-refractivity contribution in [3.8, 4) is 6.07 Å². The molecule has 0 saturated carbocycles. The average molecular weight is 287 g/mol. The molecule has 0 saturated heterocycles. The van der Waals surface area contributed by atoms with Gasteiger partial charge in [-0.2, -0.15) is 5.26 Å². The average Bonchev–Trinajstić information content (AvgIpc) is 2.37. The predicted molar refractivity (Wildman–Crippen MR) is 71.1 cm³/mol. The Balaban J connectivity index is 0.00000324. The SMILES string of the molecule is COC(=O)C(C)(C)[C@@H](N)c1ccc(F)c(C#N)c1.Cl. The van der Waals surface area contributed by atoms with Gasteiger partial charge in [-0.1, -0.05) is 6.07 Å². The van der Waals surface area contributed by atoms with Gasteiger partial charge in [-0.3, -0.25) is 4.79 Å². The Hall–Kier alpha value is -1.64. The quantitative estimate of drug-likeness (QED) is 0.865. The molecule has 0 aliphatic carbocycles. The molecule has 104 valence electrons. The Morgan fingerprint density at radius 3 is 2.58 bits per heavy atom. The van der Waals surface area contributed by atoms with Gasteiger partial charge in [0.2, 0.25) is 0 Å². The van der Waals surface area contributed by atoms with Crippen LogP contribution in [0.2, 0.25) is 0 Å². The molecular formula is C13H16ClFN2O2. The zero-order valence-corrected chi connectivity index (χ0v) is 11.8. The van der Waals surface area contributed by atoms with Crippen molar-refractivity contribution < 1.29 is 13.9 Å². The topological polar surface area (TPSA) is 76.1 Å². The normalized spacial score (nSPS) is 12.0. The standard InChI is InChI=1S/C13H15FN2O2.ClH/c1-13(2,12(17)18-3)11(16)8-4-5-10(14)9(6-8)7-15;/h4-6,11H,16H2,1-3H3;1H/t11-;/m0./s1. The smallest absolute Gasteiger partial charge is 0.313 e. The van der Waals surface area contributed by atoms with Crippen molar-refractivity contribution >= 4 is 18.4 Å². The molecule has 0 radical (unpaired) electrons. The highest BCUT2D eigenvalue weighted by molar-refractivity contribution is 5.85. The van der Waals surface area contributed by atoms with Crippen LogP contribution in [0, 0.1) is 22.6 Å². The van der Waals surface area contributed by atoms with E-state index >= 15 is 0 Å². The molecule has 1 aromatic carbocycles. The van der Waals surface area contributed by atoms with Gasteiger partial charge >= 0.3 is 5.97 Å². The first kappa shape index (κ1) is 17.4. The Labute approximate surface area is 117 Å². The molecule has 2 N–H and O–H groups in total. The first-order valence-corrected chi connectivity index (χ1v) is 5.38. The van der Waals surface area contributed by atoms with Gasteiger partial charge in [0.1, 0.15) is 11.9 Å². The maximum absolute atomic E-state index is 13.2. The molecule has 1 rings (SSSR count). The van der Waals surface area contributed by atoms with Gasteiger partial charge in [-0.15, -0.1) is 12.4 Å². The van der Waals surface area contributed by atoms with Gasteiger partial charge in [-0.05, 0) is 31.5 Å². The molecular weight excluding hydrogens is 271 g/mol. The summed E-state index contributed by atoms with van der Waals surface area (Å²) in [5.41, 5.74) is 5.45. The van der Waals surface area contributed by atoms with Gasteiger partial charge in [-0.25, -0.2) is 4.39 Å². The minimum Gasteiger partial charge on any atom is -0.469 e. The molecule has 4 nitrogen and oxygen atoms in total. The number of esters is 1. The summed E-state index contributed by atoms with van der Waals surface area (Å²) in [7, 11) is 1.28. The number of halogens is 2. The number of rotatable bonds is 3. The highest BCUT2D eigenvalue weighted by Gasteiger charge is 2.36. The number of methoxy groups -OCH3 is 1. The van der Waals surface area contributed by atoms with Crippen LogP contribution in [0.4, 0.5) is 4.39 Å². The van der Waals surface area contributed by atoms with Gasteiger partial charge < -0.3 is 10.5 Å². The molecule has 0 bridgehead atoms. The van der Waals surface area contributed by atoms with Crippen LogP contribution >= 0.6 is 12.4 Å². The van der Waals surface area contributed by atoms with Crippen molar-refractivity contribution in [1.82, 2.24) is 0 Å². The molecule has 0 heterocycles. The summed E-state index contributed by atoms with van der Waals surface area (Å²) < 4.78 is 17.9. The van der Waals surface area contributed by atoms with Crippen LogP contribution in [0.25, 0.3) is 0 Å². The molecule has 0 fully saturated rings. The van der Waals surface area contributed by atoms with Crippen molar-refractivity contribution in [1.29, 1.82) is 5.26 Å². The van der Waals surface area contributed by atoms with E-state index in [0.29, 0.717) is 5.56 Å². The minimum atomic E-state index is -0.959. The number of ether oxygens (including phenoxy) is 1. The lowest BCUT2D eigenvalue weighted by molar-refractivity contribution is -0.152. The molecule has 6 heteroatoms. The van der Waals surface area contributed by atoms with Crippen molar-refractivity contribution in [3.63, 3.8) is 0 Å². The van der Waals surface area contributed by atoms with Crippen LogP contribution in [0.3, 0.4) is 0 Å². The van der Waals surface area contributed by atoms with E-state index in [-0.39, 0.29) is 18.0 Å². The lowest BCUT2D eigenvalue weighted by Crippen LogP contribution is -2.37. The van der Waals surface area contributed by atoms with Crippen LogP contribution in [0.5, 0.6) is 0 Å². The third-order valence-corrected chi connectivity index (χ3v) is 2.96. The Morgan fingerprint density at radius 1 is 1.53 bits per heavy atom. The summed E-state index contributed by atoms with van der Waals surface area (Å²) in [5.74, 6) is -1.07. The van der Waals surface area contributed by atoms with Crippen LogP contribution in [-0.2, 0) is 9.53 Å². The monoisotopic (exact) mass is 286 g/mol. The van der Waals surface area contributed by atoms with E-state index in [1.54, 1.807) is 19.9 Å². The fraction of sp³-hybridized carbons (Fsp3) is 0.385. The zero-order chi connectivity index (χ0) is 13.9. The number of nitriles is 1. The lowest BCUT2D eigenvalue weighted by Gasteiger charge is -2.29. The highest BCUT2D eigenvalue weighted by Crippen LogP contribution is 2.33. The summed E-state index contributed by atoms with van der Waals surface area (Å²) in [5, 5.41) is 8.76. The first-order chi connectivity index (χ1) is 8.34. The fourth-order valence-electron chi connectivity index (χ4n) is 1.63. The molecule has 0 unspecified atom stereocenters. The zero-order valence-electron chi connectivity index (χ0n) is 10.9. The number of hydrogen-bond donors (Lipinski definition) is 1. The highest BCUT2D eigenvalue weighted by atomic mass is 35.5. The minimum absolute atomic E-state index is 0. The summed E-state index contributed by atoms with van der Waals surface area (Å²) in [6.07, 6.45) is 0. The second-order valence-electron chi connectivity index (χ2n) is 4.54. The number of hydrogen-bond acceptors (Lipinski definition) is 4. The third kappa shape index (κ3) is 3.43. The first-order valence-electron chi connectivity index (χ1n) is 5.38. The molecule has 1 aromatic rings. The van der Waals surface area contributed by atoms with Crippen LogP contribution in [0.15, 0.2) is 18.2 Å². The number of carbonyl (C=O) groups excluding carboxylic acids is 1. The Bertz CT molecular complexity index is 512. The van der Waals surface area contributed by atoms with E-state index in [0.717, 1.165) is 0 Å². The fourth-order valence-corrected chi connectivity index (χ4v) is 1.63. The summed E-state index contributed by atoms with van der Waals surface area (Å²) in [4.78, 5) is 11.6. The molecule has 1 atom stereocenters. The number of nitrogens with zero attached hydrogens (tertiary/aromatic N) is 1. The molecule has 0 aliphatic heterocycles. The molecule has 19 heavy (non-hydrogen) atoms. The van der Waals surface area contributed by atoms with Gasteiger partial charge in [0, 0.05) is 6.04 Å². The summed E-state index contributed by atoms with van der Waals surface area (Å²) >= 11 is 0. The van der Waals surface area contributed by atoms with Crippen molar-refractivity contribution in [2.45, 2.75) is 19.9 Å². The molecule has 0 spiro atoms. The lowest BCUT2D eigenvalue weighted by atomic mass is 9.80. The molecule has 0 amide bonds. The molecule has 0 aromatic heterocycles. The Kier molecular flexibility index (Phi) is 5.94. The summed E-state index contributed by atoms with van der Waals surface area (Å²) in [6, 6.07) is 5.04. The van der Waals surface area contributed by atoms with Gasteiger partial charge in [0.15, 0.2) is 0 Å². The van der Waals surface area contributed by atoms with Crippen LogP contribution < -0.4 is 5.73 Å². The Morgan fingerprint density at radius 2 is 2.11 bits per heavy atom. The van der Waals surface area contributed by atoms with Gasteiger partial charge in [0.05, 0.1) is 18.1 Å². The van der Waals surface area contributed by atoms with Crippen molar-refractivity contribution in [3.05, 3.63) is 35.1 Å². The van der Waals surface area contributed by atoms with E-state index in [1.807, 2.05) is 0 Å². The number of nitrogens with two attached hydrogens (primary N) is 1. The van der Waals surface area contributed by atoms with E-state index in [2.05, 4.69) is 4.74 Å². The maximum atomic E-state index is 13.2. The second-order valence-corrected chi connectivity index (χ2v) is 4.54. The van der Waals surface area contributed by atoms with Crippen molar-refractivity contribution in [2.24, 2.45) is 11.1 Å². The summed E-state index contributed by atoms with van der Waals surface area (Å²) in [6.45, 7) is 3.28. The van der Waals surface area contributed by atoms with E-state index in [1.165, 1.54) is 25.3 Å².